The average molecular weight is 486 g/mol. The van der Waals surface area contributed by atoms with E-state index < -0.39 is 28.4 Å². The van der Waals surface area contributed by atoms with Crippen molar-refractivity contribution in [3.63, 3.8) is 0 Å². The number of thioether (sulfide) groups is 1. The molecule has 0 bridgehead atoms. The summed E-state index contributed by atoms with van der Waals surface area (Å²) in [5.41, 5.74) is 1.45. The third-order valence-corrected chi connectivity index (χ3v) is 7.45. The smallest absolute Gasteiger partial charge is 0.308 e. The van der Waals surface area contributed by atoms with Crippen LogP contribution in [0.25, 0.3) is 0 Å². The second-order valence-corrected chi connectivity index (χ2v) is 9.42. The Kier molecular flexibility index (Phi) is 5.50. The zero-order chi connectivity index (χ0) is 23.2. The summed E-state index contributed by atoms with van der Waals surface area (Å²) in [6, 6.07) is 16.9. The van der Waals surface area contributed by atoms with Crippen molar-refractivity contribution in [2.45, 2.75) is 11.4 Å². The van der Waals surface area contributed by atoms with E-state index in [-0.39, 0.29) is 12.1 Å². The van der Waals surface area contributed by atoms with Gasteiger partial charge in [-0.05, 0) is 36.4 Å². The van der Waals surface area contributed by atoms with E-state index in [4.69, 9.17) is 11.6 Å². The molecule has 1 unspecified atom stereocenters. The van der Waals surface area contributed by atoms with Gasteiger partial charge in [0.05, 0.1) is 12.2 Å². The molecule has 1 atom stereocenters. The predicted octanol–water partition coefficient (Wildman–Crippen LogP) is 5.60. The normalized spacial score (nSPS) is 19.3. The van der Waals surface area contributed by atoms with Crippen LogP contribution < -0.4 is 10.2 Å². The molecule has 1 saturated heterocycles. The minimum Gasteiger partial charge on any atom is -0.308 e. The summed E-state index contributed by atoms with van der Waals surface area (Å²) in [5.74, 6) is -1.33. The summed E-state index contributed by atoms with van der Waals surface area (Å²) in [5, 5.41) is 3.28. The molecular weight excluding hydrogens is 468 g/mol. The Labute approximate surface area is 198 Å². The number of carbonyl (C=O) groups is 2. The van der Waals surface area contributed by atoms with Crippen LogP contribution in [0.5, 0.6) is 0 Å². The van der Waals surface area contributed by atoms with E-state index in [1.54, 1.807) is 48.5 Å². The molecule has 5 nitrogen and oxygen atoms in total. The van der Waals surface area contributed by atoms with Gasteiger partial charge >= 0.3 is 6.03 Å². The second-order valence-electron chi connectivity index (χ2n) is 7.69. The maximum Gasteiger partial charge on any atom is 0.323 e. The molecule has 1 spiro atoms. The Morgan fingerprint density at radius 2 is 1.79 bits per heavy atom. The number of fused-ring (bicyclic) bond motifs is 2. The number of nitrogens with zero attached hydrogens (tertiary/aromatic N) is 2. The third kappa shape index (κ3) is 3.54. The number of hydrogen-bond donors (Lipinski definition) is 1. The summed E-state index contributed by atoms with van der Waals surface area (Å²) in [6.45, 7) is 0.0550. The number of amides is 3. The molecule has 0 aromatic heterocycles. The quantitative estimate of drug-likeness (QED) is 0.525. The van der Waals surface area contributed by atoms with Crippen LogP contribution in [-0.4, -0.2) is 29.1 Å². The highest BCUT2D eigenvalue weighted by atomic mass is 35.5. The number of nitrogens with one attached hydrogen (secondary N) is 1. The summed E-state index contributed by atoms with van der Waals surface area (Å²) in [6.07, 6.45) is 0. The summed E-state index contributed by atoms with van der Waals surface area (Å²) in [4.78, 5) is 28.7. The van der Waals surface area contributed by atoms with Gasteiger partial charge in [0.2, 0.25) is 0 Å². The number of urea groups is 1. The van der Waals surface area contributed by atoms with Crippen molar-refractivity contribution in [1.29, 1.82) is 0 Å². The van der Waals surface area contributed by atoms with E-state index in [1.165, 1.54) is 27.6 Å². The van der Waals surface area contributed by atoms with Gasteiger partial charge in [-0.2, -0.15) is 0 Å². The fraction of sp³-hybridized carbons (Fsp3) is 0.167. The highest BCUT2D eigenvalue weighted by Gasteiger charge is 2.59. The Balaban J connectivity index is 1.53. The lowest BCUT2D eigenvalue weighted by molar-refractivity contribution is -0.123. The molecule has 2 aliphatic rings. The fourth-order valence-electron chi connectivity index (χ4n) is 4.32. The van der Waals surface area contributed by atoms with Crippen LogP contribution in [0.4, 0.5) is 25.0 Å². The first-order chi connectivity index (χ1) is 15.9. The number of carbonyl (C=O) groups excluding carboxylic acids is 2. The van der Waals surface area contributed by atoms with Gasteiger partial charge in [0.1, 0.15) is 11.6 Å². The molecule has 2 heterocycles. The van der Waals surface area contributed by atoms with Crippen LogP contribution in [0.15, 0.2) is 66.7 Å². The molecule has 3 aromatic carbocycles. The van der Waals surface area contributed by atoms with Crippen molar-refractivity contribution in [1.82, 2.24) is 4.90 Å². The highest BCUT2D eigenvalue weighted by Crippen LogP contribution is 2.54. The van der Waals surface area contributed by atoms with Gasteiger partial charge in [-0.25, -0.2) is 13.6 Å². The summed E-state index contributed by atoms with van der Waals surface area (Å²) >= 11 is 7.37. The molecule has 3 amide bonds. The first-order valence-electron chi connectivity index (χ1n) is 10.2. The molecule has 0 saturated carbocycles. The second kappa shape index (κ2) is 8.35. The van der Waals surface area contributed by atoms with Crippen LogP contribution in [0, 0.1) is 11.6 Å². The van der Waals surface area contributed by atoms with Gasteiger partial charge in [0, 0.05) is 34.1 Å². The van der Waals surface area contributed by atoms with Crippen LogP contribution in [0.1, 0.15) is 11.1 Å². The largest absolute Gasteiger partial charge is 0.323 e. The SMILES string of the molecule is O=C(Nc1cccc(Cl)c1)N1CCSC12C(=O)N(Cc1c(F)cccc1F)c1ccccc12. The fourth-order valence-corrected chi connectivity index (χ4v) is 5.98. The summed E-state index contributed by atoms with van der Waals surface area (Å²) in [7, 11) is 0. The minimum absolute atomic E-state index is 0.198. The first kappa shape index (κ1) is 21.7. The monoisotopic (exact) mass is 485 g/mol. The topological polar surface area (TPSA) is 52.7 Å². The molecule has 5 rings (SSSR count). The van der Waals surface area contributed by atoms with Crippen molar-refractivity contribution < 1.29 is 18.4 Å². The maximum atomic E-state index is 14.4. The van der Waals surface area contributed by atoms with Crippen molar-refractivity contribution >= 4 is 46.7 Å². The Morgan fingerprint density at radius 1 is 1.06 bits per heavy atom. The van der Waals surface area contributed by atoms with Gasteiger partial charge in [-0.1, -0.05) is 41.9 Å². The van der Waals surface area contributed by atoms with E-state index in [9.17, 15) is 18.4 Å². The van der Waals surface area contributed by atoms with E-state index in [1.807, 2.05) is 0 Å². The Morgan fingerprint density at radius 3 is 2.55 bits per heavy atom. The molecule has 0 aliphatic carbocycles. The molecule has 1 N–H and O–H groups in total. The lowest BCUT2D eigenvalue weighted by atomic mass is 10.1. The lowest BCUT2D eigenvalue weighted by Crippen LogP contribution is -2.51. The number of hydrogen-bond acceptors (Lipinski definition) is 3. The van der Waals surface area contributed by atoms with Gasteiger partial charge in [0.25, 0.3) is 5.91 Å². The zero-order valence-electron chi connectivity index (χ0n) is 17.2. The van der Waals surface area contributed by atoms with E-state index in [0.717, 1.165) is 12.1 Å². The highest BCUT2D eigenvalue weighted by molar-refractivity contribution is 8.01. The van der Waals surface area contributed by atoms with Crippen LogP contribution in [-0.2, 0) is 16.2 Å². The third-order valence-electron chi connectivity index (χ3n) is 5.80. The maximum absolute atomic E-state index is 14.4. The zero-order valence-corrected chi connectivity index (χ0v) is 18.8. The molecule has 1 fully saturated rings. The van der Waals surface area contributed by atoms with Crippen LogP contribution in [0.3, 0.4) is 0 Å². The minimum atomic E-state index is -1.32. The predicted molar refractivity (Wildman–Crippen MR) is 125 cm³/mol. The van der Waals surface area contributed by atoms with Crippen molar-refractivity contribution in [3.05, 3.63) is 94.5 Å². The Hall–Kier alpha value is -3.10. The molecule has 9 heteroatoms. The van der Waals surface area contributed by atoms with Gasteiger partial charge in [-0.15, -0.1) is 11.8 Å². The molecule has 33 heavy (non-hydrogen) atoms. The van der Waals surface area contributed by atoms with E-state index in [2.05, 4.69) is 5.32 Å². The average Bonchev–Trinajstić information content (AvgIpc) is 3.33. The van der Waals surface area contributed by atoms with Gasteiger partial charge in [-0.3, -0.25) is 9.69 Å². The van der Waals surface area contributed by atoms with Crippen molar-refractivity contribution in [2.24, 2.45) is 0 Å². The number of anilines is 2. The lowest BCUT2D eigenvalue weighted by Gasteiger charge is -2.33. The molecule has 3 aromatic rings. The molecule has 0 radical (unpaired) electrons. The van der Waals surface area contributed by atoms with E-state index in [0.29, 0.717) is 34.3 Å². The molecule has 2 aliphatic heterocycles. The first-order valence-corrected chi connectivity index (χ1v) is 11.6. The number of benzene rings is 3. The standard InChI is InChI=1S/C24H18ClF2N3O2S/c25-15-5-3-6-16(13-15)28-23(32)30-11-12-33-24(30)18-7-1-2-10-21(18)29(22(24)31)14-17-19(26)8-4-9-20(17)27/h1-10,13H,11-12,14H2,(H,28,32). The molecular formula is C24H18ClF2N3O2S. The number of halogens is 3. The van der Waals surface area contributed by atoms with Crippen LogP contribution in [0.2, 0.25) is 5.02 Å². The van der Waals surface area contributed by atoms with Crippen molar-refractivity contribution in [3.8, 4) is 0 Å². The van der Waals surface area contributed by atoms with Gasteiger partial charge < -0.3 is 10.2 Å². The number of para-hydroxylation sites is 1. The van der Waals surface area contributed by atoms with E-state index >= 15 is 0 Å². The molecule has 168 valence electrons. The number of rotatable bonds is 3. The van der Waals surface area contributed by atoms with Crippen LogP contribution >= 0.6 is 23.4 Å². The van der Waals surface area contributed by atoms with Gasteiger partial charge in [0.15, 0.2) is 4.87 Å². The summed E-state index contributed by atoms with van der Waals surface area (Å²) < 4.78 is 28.8. The van der Waals surface area contributed by atoms with Crippen molar-refractivity contribution in [2.75, 3.05) is 22.5 Å². The Bertz CT molecular complexity index is 1250.